The Hall–Kier alpha value is -12.3. The van der Waals surface area contributed by atoms with Gasteiger partial charge in [-0.1, -0.05) is 0 Å². The number of imidazole rings is 3. The first-order chi connectivity index (χ1) is 57.3. The molecule has 610 valence electrons. The topological polar surface area (TPSA) is 236 Å². The number of hydrogen-bond donors (Lipinski definition) is 0. The summed E-state index contributed by atoms with van der Waals surface area (Å²) in [6.07, 6.45) is 29.5. The van der Waals surface area contributed by atoms with Gasteiger partial charge in [0, 0.05) is 151 Å². The number of nitrogens with zero attached hydrogens (tertiary/aromatic N) is 22. The molecule has 0 N–H and O–H groups in total. The fourth-order valence-corrected chi connectivity index (χ4v) is 17.4. The lowest BCUT2D eigenvalue weighted by molar-refractivity contribution is 0.171. The molecule has 0 radical (unpaired) electrons. The number of anilines is 1. The first-order valence-corrected chi connectivity index (χ1v) is 41.4. The zero-order valence-electron chi connectivity index (χ0n) is 69.7. The van der Waals surface area contributed by atoms with Gasteiger partial charge in [0.1, 0.15) is 39.6 Å². The van der Waals surface area contributed by atoms with Crippen molar-refractivity contribution in [1.82, 2.24) is 99.9 Å². The van der Waals surface area contributed by atoms with Crippen LogP contribution in [0.15, 0.2) is 190 Å². The summed E-state index contributed by atoms with van der Waals surface area (Å²) in [5.41, 5.74) is 21.6. The van der Waals surface area contributed by atoms with E-state index in [1.807, 2.05) is 177 Å². The van der Waals surface area contributed by atoms with Crippen LogP contribution in [0.25, 0.3) is 89.8 Å². The molecule has 0 saturated carbocycles. The molecule has 0 spiro atoms. The van der Waals surface area contributed by atoms with E-state index >= 15 is 0 Å². The van der Waals surface area contributed by atoms with Crippen molar-refractivity contribution in [2.75, 3.05) is 85.4 Å². The molecule has 0 unspecified atom stereocenters. The summed E-state index contributed by atoms with van der Waals surface area (Å²) < 4.78 is 28.5. The van der Waals surface area contributed by atoms with E-state index in [2.05, 4.69) is 97.6 Å². The molecule has 20 rings (SSSR count). The molecule has 4 aliphatic rings. The maximum Gasteiger partial charge on any atom is 0.258 e. The molecule has 119 heavy (non-hydrogen) atoms. The van der Waals surface area contributed by atoms with Crippen LogP contribution in [0.5, 0.6) is 0 Å². The van der Waals surface area contributed by atoms with Crippen molar-refractivity contribution in [2.45, 2.75) is 137 Å². The second-order valence-electron chi connectivity index (χ2n) is 33.4. The Morgan fingerprint density at radius 3 is 1.30 bits per heavy atom. The number of hydrogen-bond acceptors (Lipinski definition) is 18. The van der Waals surface area contributed by atoms with Crippen LogP contribution >= 0.6 is 0 Å². The molecular weight excluding hydrogens is 1500 g/mol. The van der Waals surface area contributed by atoms with Crippen molar-refractivity contribution in [2.24, 2.45) is 0 Å². The van der Waals surface area contributed by atoms with Crippen molar-refractivity contribution in [3.8, 4) is 44.8 Å². The minimum absolute atomic E-state index is 0.0114. The standard InChI is InChI=1S/C24H29N7O.C24H27N5O.C22H22FN5O.C22H23N5O/c1-15-10-19(29-8-6-18(7-9-29)28(4)5)14-30-23(32)12-20(26-24(15)30)21-11-22-17(3)25-16(2)13-31(22)27-21;1-16(2)27-10-8-18(9-11-27)21-12-24(30)29-15-20(5-7-23(29)26-21)19-4-6-22-25-17(3)13-28(22)14-19;1-14-11-27-12-17(9-18(23)22(27)24-14)16-3-4-20-25-19(10-21(29)28(20)13-16)15-5-7-26(2)8-6-15;1-15-12-26-13-17(3-5-20(26)23-15)18-4-6-21-24-19(11-22(28)27(21)14-18)16-7-9-25(2)10-8-16/h10-14,18H,6-9H2,1-5H3;4-7,12-16,18H,8-11H2,1-3H3;3-4,9-13,15H,5-8H2,1-2H3;3-6,11-14,16H,7-10H2,1-2H3. The van der Waals surface area contributed by atoms with E-state index in [-0.39, 0.29) is 22.2 Å². The molecular formula is C92H101FN22O4. The predicted octanol–water partition coefficient (Wildman–Crippen LogP) is 13.2. The van der Waals surface area contributed by atoms with E-state index in [9.17, 15) is 23.6 Å². The monoisotopic (exact) mass is 1600 g/mol. The number of pyridine rings is 7. The van der Waals surface area contributed by atoms with Gasteiger partial charge < -0.3 is 37.7 Å². The Morgan fingerprint density at radius 2 is 0.815 bits per heavy atom. The summed E-state index contributed by atoms with van der Waals surface area (Å²) in [5, 5.41) is 4.65. The van der Waals surface area contributed by atoms with E-state index in [0.717, 1.165) is 205 Å². The maximum atomic E-state index is 14.5. The van der Waals surface area contributed by atoms with E-state index in [1.54, 1.807) is 54.3 Å². The Labute approximate surface area is 687 Å². The fraction of sp³-hybridized carbons (Fsp3) is 0.359. The smallest absolute Gasteiger partial charge is 0.258 e. The third kappa shape index (κ3) is 16.7. The summed E-state index contributed by atoms with van der Waals surface area (Å²) in [7, 11) is 8.55. The number of rotatable bonds is 10. The highest BCUT2D eigenvalue weighted by molar-refractivity contribution is 5.71. The average Bonchev–Trinajstić information content (AvgIpc) is 1.37. The van der Waals surface area contributed by atoms with Crippen molar-refractivity contribution in [3.63, 3.8) is 0 Å². The molecule has 0 aromatic carbocycles. The minimum Gasteiger partial charge on any atom is -0.370 e. The Bertz CT molecular complexity index is 6790. The second kappa shape index (κ2) is 32.9. The molecule has 0 aliphatic carbocycles. The van der Waals surface area contributed by atoms with Crippen LogP contribution in [0.4, 0.5) is 10.1 Å². The molecule has 0 bridgehead atoms. The number of aromatic nitrogens is 17. The summed E-state index contributed by atoms with van der Waals surface area (Å²) in [6.45, 7) is 24.5. The molecule has 4 aliphatic heterocycles. The van der Waals surface area contributed by atoms with E-state index < -0.39 is 5.82 Å². The quantitative estimate of drug-likeness (QED) is 0.124. The van der Waals surface area contributed by atoms with Gasteiger partial charge in [0.05, 0.1) is 68.6 Å². The first-order valence-electron chi connectivity index (χ1n) is 41.4. The van der Waals surface area contributed by atoms with Crippen LogP contribution in [0.1, 0.15) is 134 Å². The Kier molecular flexibility index (Phi) is 21.9. The molecule has 20 heterocycles. The lowest BCUT2D eigenvalue weighted by atomic mass is 9.92. The zero-order chi connectivity index (χ0) is 82.8. The summed E-state index contributed by atoms with van der Waals surface area (Å²) in [6, 6.07) is 33.2. The molecule has 0 atom stereocenters. The normalized spacial score (nSPS) is 15.9. The third-order valence-corrected chi connectivity index (χ3v) is 24.3. The van der Waals surface area contributed by atoms with E-state index in [4.69, 9.17) is 19.9 Å². The van der Waals surface area contributed by atoms with Gasteiger partial charge in [-0.05, 0) is 270 Å². The number of halogens is 1. The van der Waals surface area contributed by atoms with Gasteiger partial charge in [-0.15, -0.1) is 0 Å². The Balaban J connectivity index is 0.000000114. The molecule has 16 aromatic rings. The molecule has 16 aromatic heterocycles. The summed E-state index contributed by atoms with van der Waals surface area (Å²) in [5.74, 6) is 0.674. The van der Waals surface area contributed by atoms with Gasteiger partial charge in [0.15, 0.2) is 11.5 Å². The van der Waals surface area contributed by atoms with Crippen LogP contribution in [0.2, 0.25) is 0 Å². The van der Waals surface area contributed by atoms with Crippen molar-refractivity contribution < 1.29 is 4.39 Å². The maximum absolute atomic E-state index is 14.5. The molecule has 4 saturated heterocycles. The van der Waals surface area contributed by atoms with Gasteiger partial charge in [0.2, 0.25) is 0 Å². The second-order valence-corrected chi connectivity index (χ2v) is 33.4. The summed E-state index contributed by atoms with van der Waals surface area (Å²) >= 11 is 0. The van der Waals surface area contributed by atoms with Crippen molar-refractivity contribution in [1.29, 1.82) is 0 Å². The fourth-order valence-electron chi connectivity index (χ4n) is 17.4. The minimum atomic E-state index is -0.390. The summed E-state index contributed by atoms with van der Waals surface area (Å²) in [4.78, 5) is 100. The number of piperidine rings is 4. The van der Waals surface area contributed by atoms with Crippen molar-refractivity contribution in [3.05, 3.63) is 270 Å². The molecule has 0 amide bonds. The predicted molar refractivity (Wildman–Crippen MR) is 465 cm³/mol. The third-order valence-electron chi connectivity index (χ3n) is 24.3. The van der Waals surface area contributed by atoms with E-state index in [0.29, 0.717) is 75.0 Å². The highest BCUT2D eigenvalue weighted by atomic mass is 19.1. The van der Waals surface area contributed by atoms with Crippen LogP contribution in [-0.2, 0) is 0 Å². The van der Waals surface area contributed by atoms with Crippen molar-refractivity contribution >= 4 is 50.7 Å². The van der Waals surface area contributed by atoms with Crippen LogP contribution in [-0.4, -0.2) is 193 Å². The molecule has 26 nitrogen and oxygen atoms in total. The van der Waals surface area contributed by atoms with Crippen LogP contribution in [0, 0.1) is 47.4 Å². The largest absolute Gasteiger partial charge is 0.370 e. The number of aryl methyl sites for hydroxylation is 6. The average molecular weight is 1600 g/mol. The Morgan fingerprint density at radius 1 is 0.387 bits per heavy atom. The van der Waals surface area contributed by atoms with Crippen LogP contribution in [0.3, 0.4) is 0 Å². The first kappa shape index (κ1) is 79.2. The van der Waals surface area contributed by atoms with E-state index in [1.165, 1.54) is 10.5 Å². The zero-order valence-corrected chi connectivity index (χ0v) is 69.7. The molecule has 4 fully saturated rings. The number of fused-ring (bicyclic) bond motifs is 8. The number of likely N-dealkylation sites (tertiary alicyclic amines) is 3. The van der Waals surface area contributed by atoms with Gasteiger partial charge in [-0.2, -0.15) is 5.10 Å². The van der Waals surface area contributed by atoms with Gasteiger partial charge in [-0.25, -0.2) is 43.8 Å². The van der Waals surface area contributed by atoms with Gasteiger partial charge >= 0.3 is 0 Å². The van der Waals surface area contributed by atoms with Crippen LogP contribution < -0.4 is 27.1 Å². The lowest BCUT2D eigenvalue weighted by Crippen LogP contribution is -2.42. The molecule has 27 heteroatoms. The SMILES string of the molecule is Cc1cn2cc(-c3ccc4nc(C5CCN(C(C)C)CC5)cc(=O)n4c3)ccc2n1.Cc1cn2cc(-c3ccc4nc(C5CCN(C)CC5)cc(=O)n4c3)cc(F)c2n1.Cc1cn2cc(-c3ccc4nc(C5CCN(C)CC5)cc(=O)n4c3)ccc2n1.Cc1cn2nc(-c3cc(=O)n4cc(N5CCC(N(C)C)CC5)cc(C)c4n3)cc2c(C)n1. The highest BCUT2D eigenvalue weighted by Crippen LogP contribution is 2.33. The highest BCUT2D eigenvalue weighted by Gasteiger charge is 2.28. The lowest BCUT2D eigenvalue weighted by Gasteiger charge is -2.36. The van der Waals surface area contributed by atoms with Gasteiger partial charge in [-0.3, -0.25) is 41.8 Å². The van der Waals surface area contributed by atoms with Gasteiger partial charge in [0.25, 0.3) is 22.2 Å².